The predicted octanol–water partition coefficient (Wildman–Crippen LogP) is 17.4. The van der Waals surface area contributed by atoms with Crippen LogP contribution in [0.3, 0.4) is 0 Å². The van der Waals surface area contributed by atoms with Gasteiger partial charge in [-0.1, -0.05) is 146 Å². The molecule has 1 aromatic heterocycles. The molecule has 0 saturated heterocycles. The van der Waals surface area contributed by atoms with Crippen molar-refractivity contribution in [1.29, 1.82) is 0 Å². The maximum absolute atomic E-state index is 6.66. The van der Waals surface area contributed by atoms with Crippen LogP contribution in [0.1, 0.15) is 0 Å². The molecule has 0 N–H and O–H groups in total. The molecule has 0 aliphatic carbocycles. The van der Waals surface area contributed by atoms with Crippen LogP contribution < -0.4 is 9.80 Å². The Labute approximate surface area is 363 Å². The lowest BCUT2D eigenvalue weighted by atomic mass is 9.98. The molecule has 13 aromatic rings. The van der Waals surface area contributed by atoms with E-state index >= 15 is 0 Å². The molecular weight excluding hydrogens is 765 g/mol. The number of para-hydroxylation sites is 2. The number of hydrogen-bond acceptors (Lipinski definition) is 3. The van der Waals surface area contributed by atoms with Crippen molar-refractivity contribution < 1.29 is 4.42 Å². The highest BCUT2D eigenvalue weighted by Gasteiger charge is 2.20. The van der Waals surface area contributed by atoms with Crippen LogP contribution in [0.4, 0.5) is 34.1 Å². The van der Waals surface area contributed by atoms with E-state index < -0.39 is 0 Å². The fourth-order valence-corrected chi connectivity index (χ4v) is 9.96. The summed E-state index contributed by atoms with van der Waals surface area (Å²) in [4.78, 5) is 4.80. The Bertz CT molecular complexity index is 3670. The monoisotopic (exact) mass is 802 g/mol. The second-order valence-corrected chi connectivity index (χ2v) is 16.5. The molecule has 0 saturated carbocycles. The van der Waals surface area contributed by atoms with Gasteiger partial charge in [-0.2, -0.15) is 0 Å². The maximum atomic E-state index is 6.66. The second kappa shape index (κ2) is 14.1. The van der Waals surface area contributed by atoms with Crippen LogP contribution in [-0.4, -0.2) is 0 Å². The lowest BCUT2D eigenvalue weighted by Gasteiger charge is -2.28. The molecule has 0 fully saturated rings. The van der Waals surface area contributed by atoms with Crippen LogP contribution in [-0.2, 0) is 0 Å². The highest BCUT2D eigenvalue weighted by molar-refractivity contribution is 6.18. The minimum Gasteiger partial charge on any atom is -0.456 e. The van der Waals surface area contributed by atoms with E-state index in [1.54, 1.807) is 0 Å². The van der Waals surface area contributed by atoms with Crippen LogP contribution in [0, 0.1) is 0 Å². The highest BCUT2D eigenvalue weighted by atomic mass is 16.3. The molecule has 0 amide bonds. The molecule has 3 nitrogen and oxygen atoms in total. The Hall–Kier alpha value is -8.40. The molecule has 0 aliphatic heterocycles. The Kier molecular flexibility index (Phi) is 7.91. The van der Waals surface area contributed by atoms with Crippen molar-refractivity contribution in [1.82, 2.24) is 0 Å². The van der Waals surface area contributed by atoms with Crippen molar-refractivity contribution in [2.75, 3.05) is 9.80 Å². The third-order valence-corrected chi connectivity index (χ3v) is 12.9. The summed E-state index contributed by atoms with van der Waals surface area (Å²) < 4.78 is 6.66. The summed E-state index contributed by atoms with van der Waals surface area (Å²) in [5, 5.41) is 16.6. The largest absolute Gasteiger partial charge is 0.456 e. The van der Waals surface area contributed by atoms with Crippen LogP contribution in [0.5, 0.6) is 0 Å². The molecule has 13 rings (SSSR count). The van der Waals surface area contributed by atoms with Gasteiger partial charge in [0, 0.05) is 44.3 Å². The Morgan fingerprint density at radius 2 is 0.603 bits per heavy atom. The number of furan rings is 1. The number of anilines is 6. The molecule has 12 aromatic carbocycles. The summed E-state index contributed by atoms with van der Waals surface area (Å²) in [7, 11) is 0. The normalized spacial score (nSPS) is 11.8. The van der Waals surface area contributed by atoms with Gasteiger partial charge in [0.15, 0.2) is 0 Å². The van der Waals surface area contributed by atoms with Gasteiger partial charge >= 0.3 is 0 Å². The van der Waals surface area contributed by atoms with E-state index in [4.69, 9.17) is 4.42 Å². The van der Waals surface area contributed by atoms with Crippen LogP contribution in [0.15, 0.2) is 235 Å². The number of rotatable bonds is 6. The fourth-order valence-electron chi connectivity index (χ4n) is 9.96. The van der Waals surface area contributed by atoms with E-state index in [1.807, 2.05) is 0 Å². The van der Waals surface area contributed by atoms with Gasteiger partial charge < -0.3 is 14.2 Å². The third kappa shape index (κ3) is 5.75. The average Bonchev–Trinajstić information content (AvgIpc) is 3.69. The molecule has 0 bridgehead atoms. The summed E-state index contributed by atoms with van der Waals surface area (Å²) in [6, 6.07) is 83.6. The number of nitrogens with zero attached hydrogens (tertiary/aromatic N) is 2. The molecule has 0 aliphatic rings. The van der Waals surface area contributed by atoms with E-state index in [-0.39, 0.29) is 0 Å². The molecular formula is C60H38N2O. The van der Waals surface area contributed by atoms with E-state index in [0.29, 0.717) is 0 Å². The molecule has 63 heavy (non-hydrogen) atoms. The van der Waals surface area contributed by atoms with Gasteiger partial charge in [-0.3, -0.25) is 0 Å². The molecule has 0 unspecified atom stereocenters. The van der Waals surface area contributed by atoms with Gasteiger partial charge in [0.1, 0.15) is 11.2 Å². The van der Waals surface area contributed by atoms with Gasteiger partial charge in [-0.25, -0.2) is 0 Å². The zero-order chi connectivity index (χ0) is 41.4. The first-order valence-corrected chi connectivity index (χ1v) is 21.6. The standard InChI is InChI=1S/C60H38N2O/c1-3-17-45(18-4-1)61(57-35-41-15-7-9-21-49(41)51-23-11-13-25-53(51)57)47-29-27-39-37-59-55(33-43(39)31-47)56-34-44-32-48(30-28-40(44)38-60(56)63-59)62(46-19-5-2-6-20-46)58-36-42-16-8-10-22-50(42)52-24-12-14-26-54(52)58/h1-38H. The Balaban J connectivity index is 0.982. The molecule has 0 atom stereocenters. The van der Waals surface area contributed by atoms with Crippen molar-refractivity contribution in [2.45, 2.75) is 0 Å². The molecule has 1 heterocycles. The molecule has 3 heteroatoms. The van der Waals surface area contributed by atoms with E-state index in [9.17, 15) is 0 Å². The van der Waals surface area contributed by atoms with Gasteiger partial charge in [-0.05, 0) is 139 Å². The quantitative estimate of drug-likeness (QED) is 0.156. The minimum atomic E-state index is 0.884. The Morgan fingerprint density at radius 3 is 1.05 bits per heavy atom. The summed E-state index contributed by atoms with van der Waals surface area (Å²) in [6.45, 7) is 0. The summed E-state index contributed by atoms with van der Waals surface area (Å²) >= 11 is 0. The highest BCUT2D eigenvalue weighted by Crippen LogP contribution is 2.46. The van der Waals surface area contributed by atoms with Crippen molar-refractivity contribution in [3.8, 4) is 0 Å². The number of fused-ring (bicyclic) bond motifs is 11. The second-order valence-electron chi connectivity index (χ2n) is 16.5. The van der Waals surface area contributed by atoms with Crippen molar-refractivity contribution in [3.63, 3.8) is 0 Å². The van der Waals surface area contributed by atoms with E-state index in [1.165, 1.54) is 43.1 Å². The Morgan fingerprint density at radius 1 is 0.222 bits per heavy atom. The average molecular weight is 803 g/mol. The topological polar surface area (TPSA) is 19.6 Å². The summed E-state index contributed by atoms with van der Waals surface area (Å²) in [6.07, 6.45) is 0. The van der Waals surface area contributed by atoms with Gasteiger partial charge in [0.2, 0.25) is 0 Å². The SMILES string of the molecule is c1ccc(N(c2ccc3cc4oc5cc6ccc(N(c7ccccc7)c7cc8ccccc8c8ccccc78)cc6cc5c4cc3c2)c2cc3ccccc3c3ccccc23)cc1. The van der Waals surface area contributed by atoms with Crippen molar-refractivity contribution in [2.24, 2.45) is 0 Å². The van der Waals surface area contributed by atoms with E-state index in [0.717, 1.165) is 77.6 Å². The van der Waals surface area contributed by atoms with Crippen LogP contribution in [0.25, 0.3) is 86.6 Å². The van der Waals surface area contributed by atoms with E-state index in [2.05, 4.69) is 240 Å². The van der Waals surface area contributed by atoms with Gasteiger partial charge in [-0.15, -0.1) is 0 Å². The zero-order valence-electron chi connectivity index (χ0n) is 34.2. The van der Waals surface area contributed by atoms with Crippen molar-refractivity contribution in [3.05, 3.63) is 231 Å². The van der Waals surface area contributed by atoms with Gasteiger partial charge in [0.05, 0.1) is 11.4 Å². The first-order chi connectivity index (χ1) is 31.2. The zero-order valence-corrected chi connectivity index (χ0v) is 34.2. The third-order valence-electron chi connectivity index (χ3n) is 12.9. The smallest absolute Gasteiger partial charge is 0.136 e. The lowest BCUT2D eigenvalue weighted by molar-refractivity contribution is 0.670. The van der Waals surface area contributed by atoms with Crippen LogP contribution in [0.2, 0.25) is 0 Å². The lowest BCUT2D eigenvalue weighted by Crippen LogP contribution is -2.10. The fraction of sp³-hybridized carbons (Fsp3) is 0. The molecule has 0 radical (unpaired) electrons. The summed E-state index contributed by atoms with van der Waals surface area (Å²) in [5.74, 6) is 0. The number of benzene rings is 12. The molecule has 0 spiro atoms. The van der Waals surface area contributed by atoms with Crippen molar-refractivity contribution >= 4 is 121 Å². The first kappa shape index (κ1) is 35.4. The number of hydrogen-bond donors (Lipinski definition) is 0. The maximum Gasteiger partial charge on any atom is 0.136 e. The molecule has 294 valence electrons. The summed E-state index contributed by atoms with van der Waals surface area (Å²) in [5.41, 5.74) is 8.47. The van der Waals surface area contributed by atoms with Crippen LogP contribution >= 0.6 is 0 Å². The first-order valence-electron chi connectivity index (χ1n) is 21.6. The predicted molar refractivity (Wildman–Crippen MR) is 268 cm³/mol. The van der Waals surface area contributed by atoms with Gasteiger partial charge in [0.25, 0.3) is 0 Å². The minimum absolute atomic E-state index is 0.884.